The molecule has 5 nitrogen and oxygen atoms in total. The van der Waals surface area contributed by atoms with Crippen molar-refractivity contribution in [3.63, 3.8) is 0 Å². The Kier molecular flexibility index (Phi) is 5.25. The highest BCUT2D eigenvalue weighted by Gasteiger charge is 2.32. The summed E-state index contributed by atoms with van der Waals surface area (Å²) in [5, 5.41) is 11.1. The van der Waals surface area contributed by atoms with Crippen LogP contribution in [0.5, 0.6) is 0 Å². The van der Waals surface area contributed by atoms with Gasteiger partial charge in [0.15, 0.2) is 4.77 Å². The zero-order chi connectivity index (χ0) is 19.0. The zero-order valence-electron chi connectivity index (χ0n) is 13.9. The largest absolute Gasteiger partial charge is 0.343 e. The van der Waals surface area contributed by atoms with Gasteiger partial charge in [-0.3, -0.25) is 4.79 Å². The molecule has 3 rings (SSSR count). The molecule has 1 aliphatic rings. The number of carbonyl (C=O) groups excluding carboxylic acids is 1. The Morgan fingerprint density at radius 1 is 1.50 bits per heavy atom. The maximum atomic E-state index is 14.5. The van der Waals surface area contributed by atoms with E-state index in [0.717, 1.165) is 5.69 Å². The number of nitrogens with zero attached hydrogens (tertiary/aromatic N) is 3. The Morgan fingerprint density at radius 2 is 2.23 bits per heavy atom. The van der Waals surface area contributed by atoms with E-state index in [4.69, 9.17) is 17.5 Å². The van der Waals surface area contributed by atoms with Crippen molar-refractivity contribution in [3.8, 4) is 6.07 Å². The highest BCUT2D eigenvalue weighted by Crippen LogP contribution is 2.37. The molecule has 9 heteroatoms. The lowest BCUT2D eigenvalue weighted by Gasteiger charge is -2.14. The van der Waals surface area contributed by atoms with Crippen LogP contribution < -0.4 is 5.32 Å². The number of halogens is 3. The molecule has 136 valence electrons. The molecule has 0 saturated heterocycles. The lowest BCUT2D eigenvalue weighted by molar-refractivity contribution is -0.120. The van der Waals surface area contributed by atoms with E-state index in [0.29, 0.717) is 23.4 Å². The maximum absolute atomic E-state index is 14.5. The third kappa shape index (κ3) is 3.19. The van der Waals surface area contributed by atoms with Gasteiger partial charge in [-0.1, -0.05) is 0 Å². The van der Waals surface area contributed by atoms with E-state index in [-0.39, 0.29) is 28.9 Å². The number of benzene rings is 1. The van der Waals surface area contributed by atoms with Gasteiger partial charge in [0.25, 0.3) is 0 Å². The molecule has 26 heavy (non-hydrogen) atoms. The van der Waals surface area contributed by atoms with Crippen molar-refractivity contribution in [3.05, 3.63) is 50.0 Å². The molecule has 0 fully saturated rings. The van der Waals surface area contributed by atoms with Crippen LogP contribution in [0.4, 0.5) is 8.78 Å². The molecule has 1 aromatic heterocycles. The number of carbonyl (C=O) groups is 1. The number of amides is 1. The van der Waals surface area contributed by atoms with Gasteiger partial charge in [0.2, 0.25) is 5.91 Å². The summed E-state index contributed by atoms with van der Waals surface area (Å²) >= 11 is 8.52. The first kappa shape index (κ1) is 18.7. The summed E-state index contributed by atoms with van der Waals surface area (Å²) in [6, 6.07) is 4.43. The molecule has 0 spiro atoms. The number of fused-ring (bicyclic) bond motifs is 1. The van der Waals surface area contributed by atoms with E-state index in [1.165, 1.54) is 12.1 Å². The number of aromatic nitrogens is 2. The Bertz CT molecular complexity index is 992. The molecule has 1 atom stereocenters. The number of imidazole rings is 1. The number of nitriles is 1. The van der Waals surface area contributed by atoms with Crippen LogP contribution in [-0.2, 0) is 31.2 Å². The van der Waals surface area contributed by atoms with E-state index in [1.807, 2.05) is 10.6 Å². The Labute approximate surface area is 162 Å². The van der Waals surface area contributed by atoms with Crippen LogP contribution in [-0.4, -0.2) is 21.6 Å². The van der Waals surface area contributed by atoms with Crippen LogP contribution in [0.15, 0.2) is 16.6 Å². The number of nitrogens with one attached hydrogen (secondary N) is 1. The van der Waals surface area contributed by atoms with Crippen molar-refractivity contribution in [1.82, 2.24) is 14.5 Å². The quantitative estimate of drug-likeness (QED) is 0.451. The van der Waals surface area contributed by atoms with Crippen LogP contribution in [0, 0.1) is 27.7 Å². The average Bonchev–Trinajstić information content (AvgIpc) is 3.12. The van der Waals surface area contributed by atoms with Crippen molar-refractivity contribution in [2.24, 2.45) is 7.05 Å². The highest BCUT2D eigenvalue weighted by molar-refractivity contribution is 9.10. The summed E-state index contributed by atoms with van der Waals surface area (Å²) in [6.07, 6.45) is 0.440. The van der Waals surface area contributed by atoms with E-state index in [1.54, 1.807) is 11.6 Å². The second-order valence-electron chi connectivity index (χ2n) is 6.12. The van der Waals surface area contributed by atoms with Crippen LogP contribution in [0.25, 0.3) is 0 Å². The molecule has 0 bridgehead atoms. The van der Waals surface area contributed by atoms with E-state index >= 15 is 0 Å². The van der Waals surface area contributed by atoms with Crippen molar-refractivity contribution < 1.29 is 13.6 Å². The molecule has 1 N–H and O–H groups in total. The normalized spacial score (nSPS) is 15.6. The number of hydrogen-bond donors (Lipinski definition) is 1. The molecule has 1 aliphatic heterocycles. The summed E-state index contributed by atoms with van der Waals surface area (Å²) in [4.78, 5) is 12.0. The molecule has 0 radical (unpaired) electrons. The zero-order valence-corrected chi connectivity index (χ0v) is 16.3. The van der Waals surface area contributed by atoms with Gasteiger partial charge in [0.05, 0.1) is 17.0 Å². The summed E-state index contributed by atoms with van der Waals surface area (Å²) < 4.78 is 33.0. The van der Waals surface area contributed by atoms with E-state index in [9.17, 15) is 13.6 Å². The SMILES string of the molecule is Cn1c(CC(=O)NCC#N)c2n(c1=S)C[C@H](c1c(F)ccc(Br)c1F)C2. The monoisotopic (exact) mass is 440 g/mol. The Morgan fingerprint density at radius 3 is 2.92 bits per heavy atom. The van der Waals surface area contributed by atoms with Gasteiger partial charge < -0.3 is 14.5 Å². The molecule has 2 heterocycles. The summed E-state index contributed by atoms with van der Waals surface area (Å²) in [5.74, 6) is -1.89. The van der Waals surface area contributed by atoms with Crippen LogP contribution in [0.2, 0.25) is 0 Å². The number of rotatable bonds is 4. The molecule has 0 unspecified atom stereocenters. The first-order chi connectivity index (χ1) is 12.3. The molecule has 2 aromatic rings. The molecular formula is C17H15BrF2N4OS. The Balaban J connectivity index is 1.94. The predicted octanol–water partition coefficient (Wildman–Crippen LogP) is 3.12. The van der Waals surface area contributed by atoms with E-state index < -0.39 is 17.6 Å². The van der Waals surface area contributed by atoms with Gasteiger partial charge in [-0.2, -0.15) is 5.26 Å². The topological polar surface area (TPSA) is 62.8 Å². The summed E-state index contributed by atoms with van der Waals surface area (Å²) in [5.41, 5.74) is 1.53. The first-order valence-electron chi connectivity index (χ1n) is 7.89. The minimum absolute atomic E-state index is 0.0278. The van der Waals surface area contributed by atoms with Gasteiger partial charge in [0.1, 0.15) is 18.2 Å². The van der Waals surface area contributed by atoms with Gasteiger partial charge >= 0.3 is 0 Å². The second-order valence-corrected chi connectivity index (χ2v) is 7.33. The van der Waals surface area contributed by atoms with Crippen LogP contribution in [0.3, 0.4) is 0 Å². The second kappa shape index (κ2) is 7.29. The van der Waals surface area contributed by atoms with Crippen molar-refractivity contribution >= 4 is 34.1 Å². The fourth-order valence-electron chi connectivity index (χ4n) is 3.38. The molecule has 1 aromatic carbocycles. The van der Waals surface area contributed by atoms with Crippen molar-refractivity contribution in [2.75, 3.05) is 6.54 Å². The van der Waals surface area contributed by atoms with Gasteiger partial charge in [0, 0.05) is 36.5 Å². The van der Waals surface area contributed by atoms with E-state index in [2.05, 4.69) is 21.2 Å². The predicted molar refractivity (Wildman–Crippen MR) is 97.1 cm³/mol. The average molecular weight is 441 g/mol. The lowest BCUT2D eigenvalue weighted by Crippen LogP contribution is -2.26. The minimum atomic E-state index is -0.607. The van der Waals surface area contributed by atoms with Gasteiger partial charge in [-0.15, -0.1) is 0 Å². The summed E-state index contributed by atoms with van der Waals surface area (Å²) in [7, 11) is 1.76. The third-order valence-electron chi connectivity index (χ3n) is 4.60. The number of hydrogen-bond acceptors (Lipinski definition) is 3. The molecule has 0 aliphatic carbocycles. The van der Waals surface area contributed by atoms with Gasteiger partial charge in [-0.25, -0.2) is 8.78 Å². The molecular weight excluding hydrogens is 426 g/mol. The highest BCUT2D eigenvalue weighted by atomic mass is 79.9. The standard InChI is InChI=1S/C17H15BrF2N4OS/c1-23-12(7-14(25)22-5-4-21)13-6-9(8-24(13)17(23)26)15-11(19)3-2-10(18)16(15)20/h2-3,9H,5-8H2,1H3,(H,22,25)/t9-/m1/s1. The smallest absolute Gasteiger partial charge is 0.226 e. The van der Waals surface area contributed by atoms with Gasteiger partial charge in [-0.05, 0) is 46.7 Å². The summed E-state index contributed by atoms with van der Waals surface area (Å²) in [6.45, 7) is 0.280. The molecule has 1 amide bonds. The third-order valence-corrected chi connectivity index (χ3v) is 5.71. The fraction of sp³-hybridized carbons (Fsp3) is 0.353. The van der Waals surface area contributed by atoms with Crippen LogP contribution >= 0.6 is 28.1 Å². The maximum Gasteiger partial charge on any atom is 0.226 e. The first-order valence-corrected chi connectivity index (χ1v) is 9.09. The van der Waals surface area contributed by atoms with Crippen molar-refractivity contribution in [1.29, 1.82) is 5.26 Å². The van der Waals surface area contributed by atoms with Crippen molar-refractivity contribution in [2.45, 2.75) is 25.3 Å². The fourth-order valence-corrected chi connectivity index (χ4v) is 4.02. The Hall–Kier alpha value is -2.05. The van der Waals surface area contributed by atoms with Crippen LogP contribution in [0.1, 0.15) is 22.9 Å². The lowest BCUT2D eigenvalue weighted by atomic mass is 9.95. The minimum Gasteiger partial charge on any atom is -0.343 e. The molecule has 0 saturated carbocycles.